The van der Waals surface area contributed by atoms with Gasteiger partial charge in [-0.2, -0.15) is 0 Å². The summed E-state index contributed by atoms with van der Waals surface area (Å²) in [7, 11) is 5.75. The third-order valence-corrected chi connectivity index (χ3v) is 13.6. The highest BCUT2D eigenvalue weighted by Gasteiger charge is 2.55. The highest BCUT2D eigenvalue weighted by atomic mass is 16.7. The molecular weight excluding hydrogens is 843 g/mol. The van der Waals surface area contributed by atoms with Crippen LogP contribution in [0.3, 0.4) is 0 Å². The number of unbranched alkanes of at least 4 members (excludes halogenated alkanes) is 1. The van der Waals surface area contributed by atoms with Crippen LogP contribution in [0.15, 0.2) is 35.6 Å². The minimum absolute atomic E-state index is 0.0781. The second-order valence-electron chi connectivity index (χ2n) is 19.1. The van der Waals surface area contributed by atoms with Crippen LogP contribution in [0.5, 0.6) is 0 Å². The first-order chi connectivity index (χ1) is 30.7. The van der Waals surface area contributed by atoms with Crippen molar-refractivity contribution in [2.45, 2.75) is 154 Å². The molecule has 13 atom stereocenters. The van der Waals surface area contributed by atoms with Crippen molar-refractivity contribution in [2.24, 2.45) is 28.8 Å². The van der Waals surface area contributed by atoms with Gasteiger partial charge < -0.3 is 48.9 Å². The van der Waals surface area contributed by atoms with Gasteiger partial charge in [0.25, 0.3) is 5.69 Å². The predicted octanol–water partition coefficient (Wildman–Crippen LogP) is 3.59. The Morgan fingerprint density at radius 3 is 2.40 bits per heavy atom. The molecule has 0 aliphatic carbocycles. The van der Waals surface area contributed by atoms with Gasteiger partial charge in [0.1, 0.15) is 30.3 Å². The summed E-state index contributed by atoms with van der Waals surface area (Å²) in [6.45, 7) is 14.0. The van der Waals surface area contributed by atoms with Crippen LogP contribution < -0.4 is 0 Å². The molecule has 5 rings (SSSR count). The second-order valence-corrected chi connectivity index (χ2v) is 19.1. The number of oxime groups is 1. The van der Waals surface area contributed by atoms with E-state index < -0.39 is 82.3 Å². The minimum Gasteiger partial charge on any atom is -0.459 e. The lowest BCUT2D eigenvalue weighted by molar-refractivity contribution is -0.384. The van der Waals surface area contributed by atoms with Crippen LogP contribution in [0, 0.1) is 33.8 Å². The maximum absolute atomic E-state index is 14.3. The van der Waals surface area contributed by atoms with Gasteiger partial charge in [0.05, 0.1) is 46.8 Å². The number of benzene rings is 1. The molecule has 1 aromatic heterocycles. The molecule has 364 valence electrons. The van der Waals surface area contributed by atoms with E-state index in [4.69, 9.17) is 23.8 Å². The van der Waals surface area contributed by atoms with Crippen LogP contribution in [0.4, 0.5) is 5.69 Å². The summed E-state index contributed by atoms with van der Waals surface area (Å²) in [5, 5.41) is 59.7. The number of ketones is 1. The Kier molecular flexibility index (Phi) is 18.2. The van der Waals surface area contributed by atoms with Crippen LogP contribution in [0.25, 0.3) is 0 Å². The van der Waals surface area contributed by atoms with Crippen LogP contribution in [-0.2, 0) is 52.8 Å². The number of carbonyl (C=O) groups is 2. The summed E-state index contributed by atoms with van der Waals surface area (Å²) in [6.07, 6.45) is -0.230. The Morgan fingerprint density at radius 1 is 1.03 bits per heavy atom. The van der Waals surface area contributed by atoms with E-state index >= 15 is 0 Å². The number of rotatable bonds is 17. The third-order valence-electron chi connectivity index (χ3n) is 13.6. The number of aliphatic hydroxyl groups excluding tert-OH is 2. The Balaban J connectivity index is 1.30. The number of hydrogen-bond donors (Lipinski definition) is 3. The summed E-state index contributed by atoms with van der Waals surface area (Å²) in [5.41, 5.74) is -0.700. The van der Waals surface area contributed by atoms with Gasteiger partial charge in [0, 0.05) is 68.2 Å². The molecule has 3 aliphatic rings. The normalized spacial score (nSPS) is 34.5. The maximum Gasteiger partial charge on any atom is 0.316 e. The number of aryl methyl sites for hydroxylation is 2. The van der Waals surface area contributed by atoms with Crippen LogP contribution in [0.1, 0.15) is 91.8 Å². The lowest BCUT2D eigenvalue weighted by Crippen LogP contribution is -2.59. The summed E-state index contributed by atoms with van der Waals surface area (Å²) in [4.78, 5) is 48.3. The number of nitrogens with zero attached hydrogens (tertiary/aromatic N) is 7. The number of aromatic nitrogens is 3. The zero-order chi connectivity index (χ0) is 47.8. The van der Waals surface area contributed by atoms with Gasteiger partial charge in [-0.15, -0.1) is 5.10 Å². The van der Waals surface area contributed by atoms with Gasteiger partial charge in [-0.25, -0.2) is 0 Å². The lowest BCUT2D eigenvalue weighted by Gasteiger charge is -2.46. The number of nitro groups is 1. The van der Waals surface area contributed by atoms with Crippen molar-refractivity contribution in [1.29, 1.82) is 0 Å². The molecule has 19 nitrogen and oxygen atoms in total. The second kappa shape index (κ2) is 22.7. The van der Waals surface area contributed by atoms with Crippen molar-refractivity contribution >= 4 is 23.2 Å². The topological polar surface area (TPSA) is 234 Å². The highest BCUT2D eigenvalue weighted by Crippen LogP contribution is 2.43. The molecule has 2 aromatic rings. The van der Waals surface area contributed by atoms with E-state index in [9.17, 15) is 35.0 Å². The first kappa shape index (κ1) is 52.0. The number of aliphatic hydroxyl groups is 3. The first-order valence-electron chi connectivity index (χ1n) is 23.1. The zero-order valence-corrected chi connectivity index (χ0v) is 39.9. The van der Waals surface area contributed by atoms with Crippen LogP contribution in [0.2, 0.25) is 0 Å². The fourth-order valence-corrected chi connectivity index (χ4v) is 9.46. The van der Waals surface area contributed by atoms with Gasteiger partial charge in [0.2, 0.25) is 0 Å². The number of likely N-dealkylation sites (N-methyl/N-ethyl adjacent to an activating group) is 2. The van der Waals surface area contributed by atoms with Gasteiger partial charge in [-0.1, -0.05) is 43.3 Å². The summed E-state index contributed by atoms with van der Waals surface area (Å²) in [5.74, 6) is -4.70. The minimum atomic E-state index is -1.91. The number of Topliss-reactive ketones (excluding diaryl/α,β-unsaturated/α-hetero) is 1. The molecule has 4 heterocycles. The SMILES string of the molecule is CC[C@H]1OC(=O)[C@H](C)C(=O)[C@H](C)[C@@H](O[C@@H]2O[C@H](C)C[C@H](N(C)CCc3cn(CCCCc4ccc([N+](=O)[O-])cc4)nn3)[C@H]2O)[C@@]2(C)C[C@@H](CO2)/C(=N\OCCN(C)C)[C@H](C)[C@@H](O)[C@]1(C)O. The van der Waals surface area contributed by atoms with Crippen molar-refractivity contribution in [3.8, 4) is 0 Å². The van der Waals surface area contributed by atoms with E-state index in [0.717, 1.165) is 30.5 Å². The number of non-ortho nitro benzene ring substituents is 1. The van der Waals surface area contributed by atoms with Gasteiger partial charge >= 0.3 is 5.97 Å². The Bertz CT molecular complexity index is 1910. The average molecular weight is 916 g/mol. The number of fused-ring (bicyclic) bond motifs is 2. The van der Waals surface area contributed by atoms with Gasteiger partial charge in [-0.3, -0.25) is 24.4 Å². The molecule has 0 spiro atoms. The summed E-state index contributed by atoms with van der Waals surface area (Å²) >= 11 is 0. The van der Waals surface area contributed by atoms with Crippen molar-refractivity contribution in [2.75, 3.05) is 47.4 Å². The molecular formula is C46H73N7O12. The molecule has 65 heavy (non-hydrogen) atoms. The third kappa shape index (κ3) is 12.9. The standard InChI is InChI=1S/C46H73N7O12/c1-11-37-46(7,58)41(56)29(3)38(48-62-23-22-50(8)9)33-25-45(6,61-27-33)42(30(4)39(54)31(5)43(57)64-37)65-44-40(55)36(24-28(2)63-44)51(10)21-19-34-26-52(49-47-34)20-13-12-14-32-15-17-35(18-16-32)53(59)60/h15-18,26,28-31,33,36-37,40-42,44,55-56,58H,11-14,19-25,27H2,1-10H3/b48-38-/t28-,29+,30+,31-,33+,36+,37-,40-,41-,42-,44+,45-,46-/m1/s1. The van der Waals surface area contributed by atoms with E-state index in [0.29, 0.717) is 38.2 Å². The first-order valence-corrected chi connectivity index (χ1v) is 23.1. The lowest BCUT2D eigenvalue weighted by atomic mass is 9.75. The molecule has 0 unspecified atom stereocenters. The fourth-order valence-electron chi connectivity index (χ4n) is 9.46. The Morgan fingerprint density at radius 2 is 1.74 bits per heavy atom. The molecule has 2 bridgehead atoms. The van der Waals surface area contributed by atoms with E-state index in [1.165, 1.54) is 26.0 Å². The molecule has 3 aliphatic heterocycles. The van der Waals surface area contributed by atoms with Crippen molar-refractivity contribution in [3.05, 3.63) is 51.8 Å². The van der Waals surface area contributed by atoms with Crippen LogP contribution >= 0.6 is 0 Å². The summed E-state index contributed by atoms with van der Waals surface area (Å²) < 4.78 is 27.3. The average Bonchev–Trinajstić information content (AvgIpc) is 3.90. The Labute approximate surface area is 382 Å². The molecule has 3 N–H and O–H groups in total. The van der Waals surface area contributed by atoms with E-state index in [1.54, 1.807) is 32.9 Å². The van der Waals surface area contributed by atoms with Gasteiger partial charge in [0.15, 0.2) is 12.1 Å². The number of esters is 1. The highest BCUT2D eigenvalue weighted by molar-refractivity contribution is 6.00. The van der Waals surface area contributed by atoms with E-state index in [-0.39, 0.29) is 43.9 Å². The fraction of sp³-hybridized carbons (Fsp3) is 0.761. The van der Waals surface area contributed by atoms with Crippen molar-refractivity contribution in [3.63, 3.8) is 0 Å². The molecule has 0 radical (unpaired) electrons. The van der Waals surface area contributed by atoms with E-state index in [1.807, 2.05) is 50.8 Å². The zero-order valence-electron chi connectivity index (χ0n) is 39.9. The largest absolute Gasteiger partial charge is 0.459 e. The number of hydrogen-bond acceptors (Lipinski definition) is 17. The molecule has 3 saturated heterocycles. The number of carbonyl (C=O) groups excluding carboxylic acids is 2. The quantitative estimate of drug-likeness (QED) is 0.0677. The molecule has 0 saturated carbocycles. The maximum atomic E-state index is 14.3. The smallest absolute Gasteiger partial charge is 0.316 e. The molecule has 0 amide bonds. The van der Waals surface area contributed by atoms with Crippen molar-refractivity contribution < 1.29 is 53.6 Å². The van der Waals surface area contributed by atoms with E-state index in [2.05, 4.69) is 20.4 Å². The number of ether oxygens (including phenoxy) is 4. The molecule has 19 heteroatoms. The predicted molar refractivity (Wildman–Crippen MR) is 240 cm³/mol. The van der Waals surface area contributed by atoms with Crippen LogP contribution in [-0.4, -0.2) is 164 Å². The monoisotopic (exact) mass is 916 g/mol. The number of cyclic esters (lactones) is 1. The molecule has 1 aromatic carbocycles. The summed E-state index contributed by atoms with van der Waals surface area (Å²) in [6, 6.07) is 6.23. The molecule has 3 fully saturated rings. The number of nitro benzene ring substituents is 1. The van der Waals surface area contributed by atoms with Gasteiger partial charge in [-0.05, 0) is 92.9 Å². The van der Waals surface area contributed by atoms with Crippen molar-refractivity contribution in [1.82, 2.24) is 24.8 Å². The Hall–Kier alpha value is -3.95.